The van der Waals surface area contributed by atoms with Crippen molar-refractivity contribution in [1.29, 1.82) is 0 Å². The van der Waals surface area contributed by atoms with Crippen LogP contribution in [0.2, 0.25) is 0 Å². The fraction of sp³-hybridized carbons (Fsp3) is 0.462. The Kier molecular flexibility index (Phi) is 3.71. The third-order valence-corrected chi connectivity index (χ3v) is 3.01. The summed E-state index contributed by atoms with van der Waals surface area (Å²) in [7, 11) is 0. The molecule has 0 saturated carbocycles. The summed E-state index contributed by atoms with van der Waals surface area (Å²) in [5, 5.41) is 0. The first-order valence-corrected chi connectivity index (χ1v) is 5.77. The van der Waals surface area contributed by atoms with Crippen molar-refractivity contribution in [3.8, 4) is 0 Å². The van der Waals surface area contributed by atoms with Gasteiger partial charge in [0.25, 0.3) is 0 Å². The van der Waals surface area contributed by atoms with E-state index in [0.29, 0.717) is 19.6 Å². The van der Waals surface area contributed by atoms with E-state index >= 15 is 0 Å². The maximum Gasteiger partial charge on any atom is 0.416 e. The molecule has 1 aromatic carbocycles. The Balaban J connectivity index is 2.20. The molecule has 2 nitrogen and oxygen atoms in total. The lowest BCUT2D eigenvalue weighted by atomic mass is 9.92. The van der Waals surface area contributed by atoms with Gasteiger partial charge in [0, 0.05) is 18.1 Å². The summed E-state index contributed by atoms with van der Waals surface area (Å²) in [6.07, 6.45) is -2.97. The van der Waals surface area contributed by atoms with E-state index in [1.54, 1.807) is 0 Å². The quantitative estimate of drug-likeness (QED) is 0.761. The molecule has 1 aromatic rings. The number of rotatable bonds is 2. The smallest absolute Gasteiger partial charge is 0.381 e. The molecule has 0 N–H and O–H groups in total. The molecule has 1 atom stereocenters. The van der Waals surface area contributed by atoms with Gasteiger partial charge in [-0.1, -0.05) is 12.1 Å². The maximum atomic E-state index is 12.5. The minimum absolute atomic E-state index is 0.111. The van der Waals surface area contributed by atoms with Crippen LogP contribution in [0.5, 0.6) is 0 Å². The van der Waals surface area contributed by atoms with E-state index in [-0.39, 0.29) is 17.3 Å². The highest BCUT2D eigenvalue weighted by Crippen LogP contribution is 2.30. The molecule has 98 valence electrons. The van der Waals surface area contributed by atoms with Crippen molar-refractivity contribution in [3.63, 3.8) is 0 Å². The predicted molar refractivity (Wildman–Crippen MR) is 59.3 cm³/mol. The Morgan fingerprint density at radius 1 is 1.33 bits per heavy atom. The summed E-state index contributed by atoms with van der Waals surface area (Å²) >= 11 is 0. The largest absolute Gasteiger partial charge is 0.416 e. The third kappa shape index (κ3) is 2.90. The molecule has 0 amide bonds. The zero-order chi connectivity index (χ0) is 13.2. The van der Waals surface area contributed by atoms with Crippen LogP contribution in [0, 0.1) is 5.92 Å². The van der Waals surface area contributed by atoms with E-state index in [1.165, 1.54) is 12.1 Å². The molecule has 18 heavy (non-hydrogen) atoms. The molecule has 1 aliphatic rings. The van der Waals surface area contributed by atoms with Gasteiger partial charge >= 0.3 is 6.18 Å². The number of halogens is 3. The molecule has 5 heteroatoms. The predicted octanol–water partition coefficient (Wildman–Crippen LogP) is 3.31. The summed E-state index contributed by atoms with van der Waals surface area (Å²) < 4.78 is 42.8. The van der Waals surface area contributed by atoms with Gasteiger partial charge in [-0.15, -0.1) is 0 Å². The molecule has 0 spiro atoms. The van der Waals surface area contributed by atoms with Gasteiger partial charge < -0.3 is 4.74 Å². The van der Waals surface area contributed by atoms with Crippen molar-refractivity contribution >= 4 is 5.78 Å². The van der Waals surface area contributed by atoms with Crippen molar-refractivity contribution < 1.29 is 22.7 Å². The maximum absolute atomic E-state index is 12.5. The van der Waals surface area contributed by atoms with E-state index in [4.69, 9.17) is 4.74 Å². The van der Waals surface area contributed by atoms with E-state index in [1.807, 2.05) is 0 Å². The van der Waals surface area contributed by atoms with Gasteiger partial charge in [0.15, 0.2) is 5.78 Å². The van der Waals surface area contributed by atoms with Crippen molar-refractivity contribution in [1.82, 2.24) is 0 Å². The average Bonchev–Trinajstić information content (AvgIpc) is 2.38. The van der Waals surface area contributed by atoms with E-state index in [2.05, 4.69) is 0 Å². The molecular weight excluding hydrogens is 245 g/mol. The molecule has 1 fully saturated rings. The third-order valence-electron chi connectivity index (χ3n) is 3.01. The first-order valence-electron chi connectivity index (χ1n) is 5.77. The van der Waals surface area contributed by atoms with Gasteiger partial charge in [-0.25, -0.2) is 0 Å². The molecule has 2 rings (SSSR count). The van der Waals surface area contributed by atoms with Gasteiger partial charge in [-0.05, 0) is 25.0 Å². The monoisotopic (exact) mass is 258 g/mol. The van der Waals surface area contributed by atoms with Crippen molar-refractivity contribution in [2.75, 3.05) is 13.2 Å². The van der Waals surface area contributed by atoms with Crippen LogP contribution in [0.4, 0.5) is 13.2 Å². The Bertz CT molecular complexity index is 434. The molecule has 1 unspecified atom stereocenters. The highest BCUT2D eigenvalue weighted by atomic mass is 19.4. The molecule has 0 aliphatic carbocycles. The number of hydrogen-bond donors (Lipinski definition) is 0. The van der Waals surface area contributed by atoms with Crippen LogP contribution in [0.25, 0.3) is 0 Å². The normalized spacial score (nSPS) is 20.7. The van der Waals surface area contributed by atoms with E-state index in [9.17, 15) is 18.0 Å². The zero-order valence-corrected chi connectivity index (χ0v) is 9.67. The second kappa shape index (κ2) is 5.10. The number of ketones is 1. The lowest BCUT2D eigenvalue weighted by Crippen LogP contribution is -2.25. The van der Waals surface area contributed by atoms with Gasteiger partial charge in [0.2, 0.25) is 0 Å². The number of Topliss-reactive ketones (excluding diaryl/α,β-unsaturated/α-hetero) is 1. The Morgan fingerprint density at radius 2 is 2.11 bits per heavy atom. The molecule has 0 radical (unpaired) electrons. The van der Waals surface area contributed by atoms with Crippen molar-refractivity contribution in [2.45, 2.75) is 19.0 Å². The van der Waals surface area contributed by atoms with Gasteiger partial charge in [-0.3, -0.25) is 4.79 Å². The van der Waals surface area contributed by atoms with Crippen molar-refractivity contribution in [2.24, 2.45) is 5.92 Å². The molecule has 1 aliphatic heterocycles. The van der Waals surface area contributed by atoms with Crippen LogP contribution in [-0.2, 0) is 10.9 Å². The second-order valence-electron chi connectivity index (χ2n) is 4.36. The molecule has 1 saturated heterocycles. The number of carbonyl (C=O) groups is 1. The summed E-state index contributed by atoms with van der Waals surface area (Å²) in [5.74, 6) is -0.581. The molecule has 1 heterocycles. The summed E-state index contributed by atoms with van der Waals surface area (Å²) in [5.41, 5.74) is -0.676. The Hall–Kier alpha value is -1.36. The first kappa shape index (κ1) is 13.1. The van der Waals surface area contributed by atoms with Crippen LogP contribution in [-0.4, -0.2) is 19.0 Å². The first-order chi connectivity index (χ1) is 8.48. The van der Waals surface area contributed by atoms with Crippen LogP contribution in [0.1, 0.15) is 28.8 Å². The lowest BCUT2D eigenvalue weighted by Gasteiger charge is -2.21. The number of ether oxygens (including phenoxy) is 1. The lowest BCUT2D eigenvalue weighted by molar-refractivity contribution is -0.137. The van der Waals surface area contributed by atoms with Gasteiger partial charge in [-0.2, -0.15) is 13.2 Å². The molecule has 0 aromatic heterocycles. The zero-order valence-electron chi connectivity index (χ0n) is 9.67. The van der Waals surface area contributed by atoms with E-state index < -0.39 is 11.7 Å². The molecular formula is C13H13F3O2. The second-order valence-corrected chi connectivity index (χ2v) is 4.36. The topological polar surface area (TPSA) is 26.3 Å². The SMILES string of the molecule is O=C(c1cccc(C(F)(F)F)c1)C1CCCOC1. The van der Waals surface area contributed by atoms with Crippen LogP contribution in [0.15, 0.2) is 24.3 Å². The highest BCUT2D eigenvalue weighted by molar-refractivity contribution is 5.98. The molecule has 0 bridgehead atoms. The number of alkyl halides is 3. The minimum Gasteiger partial charge on any atom is -0.381 e. The number of carbonyl (C=O) groups excluding carboxylic acids is 1. The Labute approximate surface area is 103 Å². The highest BCUT2D eigenvalue weighted by Gasteiger charge is 2.31. The van der Waals surface area contributed by atoms with Crippen molar-refractivity contribution in [3.05, 3.63) is 35.4 Å². The standard InChI is InChI=1S/C13H13F3O2/c14-13(15,16)11-5-1-3-9(7-11)12(17)10-4-2-6-18-8-10/h1,3,5,7,10H,2,4,6,8H2. The summed E-state index contributed by atoms with van der Waals surface area (Å²) in [6.45, 7) is 0.918. The fourth-order valence-electron chi connectivity index (χ4n) is 2.03. The van der Waals surface area contributed by atoms with E-state index in [0.717, 1.165) is 18.6 Å². The number of benzene rings is 1. The summed E-state index contributed by atoms with van der Waals surface area (Å²) in [6, 6.07) is 4.57. The van der Waals surface area contributed by atoms with Crippen LogP contribution < -0.4 is 0 Å². The minimum atomic E-state index is -4.42. The van der Waals surface area contributed by atoms with Gasteiger partial charge in [0.1, 0.15) is 0 Å². The van der Waals surface area contributed by atoms with Gasteiger partial charge in [0.05, 0.1) is 12.2 Å². The number of hydrogen-bond acceptors (Lipinski definition) is 2. The Morgan fingerprint density at radius 3 is 2.72 bits per heavy atom. The summed E-state index contributed by atoms with van der Waals surface area (Å²) in [4.78, 5) is 12.0. The van der Waals surface area contributed by atoms with Crippen LogP contribution >= 0.6 is 0 Å². The fourth-order valence-corrected chi connectivity index (χ4v) is 2.03. The van der Waals surface area contributed by atoms with Crippen LogP contribution in [0.3, 0.4) is 0 Å². The average molecular weight is 258 g/mol.